The van der Waals surface area contributed by atoms with Crippen LogP contribution in [0.4, 0.5) is 5.82 Å². The Morgan fingerprint density at radius 3 is 2.93 bits per heavy atom. The summed E-state index contributed by atoms with van der Waals surface area (Å²) in [6.45, 7) is 3.13. The van der Waals surface area contributed by atoms with Crippen molar-refractivity contribution in [1.82, 2.24) is 29.4 Å². The number of fused-ring (bicyclic) bond motifs is 2. The van der Waals surface area contributed by atoms with Crippen LogP contribution in [-0.4, -0.2) is 42.0 Å². The number of nitrogens with zero attached hydrogens (tertiary/aromatic N) is 6. The lowest BCUT2D eigenvalue weighted by atomic mass is 9.91. The number of hydrogen-bond donors (Lipinski definition) is 1. The second-order valence-electron chi connectivity index (χ2n) is 7.61. The first-order valence-electron chi connectivity index (χ1n) is 9.80. The fourth-order valence-electron chi connectivity index (χ4n) is 4.20. The number of aromatic nitrogens is 6. The maximum Gasteiger partial charge on any atom is 0.267 e. The van der Waals surface area contributed by atoms with Crippen molar-refractivity contribution in [1.29, 1.82) is 0 Å². The SMILES string of the molecule is Cc1cc(NC2CCC(n3nc4c(cc3=O)COCC4)CC2)n2ncnc2n1. The van der Waals surface area contributed by atoms with Crippen molar-refractivity contribution in [3.05, 3.63) is 45.8 Å². The van der Waals surface area contributed by atoms with E-state index in [9.17, 15) is 4.79 Å². The number of nitrogens with one attached hydrogen (secondary N) is 1. The molecule has 0 unspecified atom stereocenters. The third kappa shape index (κ3) is 3.15. The molecular formula is C19H23N7O2. The lowest BCUT2D eigenvalue weighted by Gasteiger charge is -2.30. The molecule has 28 heavy (non-hydrogen) atoms. The number of ether oxygens (including phenoxy) is 1. The Labute approximate surface area is 161 Å². The third-order valence-electron chi connectivity index (χ3n) is 5.64. The Morgan fingerprint density at radius 1 is 1.21 bits per heavy atom. The van der Waals surface area contributed by atoms with Crippen LogP contribution >= 0.6 is 0 Å². The Morgan fingerprint density at radius 2 is 2.07 bits per heavy atom. The van der Waals surface area contributed by atoms with E-state index in [0.29, 0.717) is 25.0 Å². The second-order valence-corrected chi connectivity index (χ2v) is 7.61. The van der Waals surface area contributed by atoms with E-state index in [2.05, 4.69) is 25.5 Å². The van der Waals surface area contributed by atoms with Crippen LogP contribution in [-0.2, 0) is 17.8 Å². The van der Waals surface area contributed by atoms with Crippen molar-refractivity contribution in [2.24, 2.45) is 0 Å². The predicted molar refractivity (Wildman–Crippen MR) is 102 cm³/mol. The topological polar surface area (TPSA) is 99.2 Å². The molecular weight excluding hydrogens is 358 g/mol. The van der Waals surface area contributed by atoms with Gasteiger partial charge in [-0.3, -0.25) is 4.79 Å². The van der Waals surface area contributed by atoms with Crippen molar-refractivity contribution in [2.75, 3.05) is 11.9 Å². The average Bonchev–Trinajstić information content (AvgIpc) is 3.17. The van der Waals surface area contributed by atoms with E-state index in [-0.39, 0.29) is 11.6 Å². The van der Waals surface area contributed by atoms with Gasteiger partial charge in [-0.1, -0.05) is 0 Å². The van der Waals surface area contributed by atoms with Gasteiger partial charge >= 0.3 is 0 Å². The summed E-state index contributed by atoms with van der Waals surface area (Å²) in [5.74, 6) is 1.51. The van der Waals surface area contributed by atoms with Gasteiger partial charge in [0.15, 0.2) is 0 Å². The Hall–Kier alpha value is -2.81. The van der Waals surface area contributed by atoms with Gasteiger partial charge in [0.05, 0.1) is 24.9 Å². The molecule has 0 atom stereocenters. The summed E-state index contributed by atoms with van der Waals surface area (Å²) in [7, 11) is 0. The van der Waals surface area contributed by atoms with Crippen molar-refractivity contribution in [2.45, 2.75) is 57.7 Å². The standard InChI is InChI=1S/C19H23N7O2/c1-12-8-17(26-19(22-12)20-11-21-26)23-14-2-4-15(5-3-14)25-18(27)9-13-10-28-7-6-16(13)24-25/h8-9,11,14-15,23H,2-7,10H2,1H3. The molecule has 4 heterocycles. The molecule has 1 fully saturated rings. The van der Waals surface area contributed by atoms with Gasteiger partial charge in [0, 0.05) is 35.9 Å². The minimum Gasteiger partial charge on any atom is -0.376 e. The first kappa shape index (κ1) is 17.3. The van der Waals surface area contributed by atoms with Gasteiger partial charge in [-0.2, -0.15) is 19.7 Å². The van der Waals surface area contributed by atoms with Gasteiger partial charge in [-0.05, 0) is 32.6 Å². The summed E-state index contributed by atoms with van der Waals surface area (Å²) in [4.78, 5) is 21.1. The van der Waals surface area contributed by atoms with Crippen molar-refractivity contribution in [3.63, 3.8) is 0 Å². The van der Waals surface area contributed by atoms with E-state index in [0.717, 1.165) is 54.9 Å². The van der Waals surface area contributed by atoms with Crippen LogP contribution in [0.2, 0.25) is 0 Å². The van der Waals surface area contributed by atoms with Crippen LogP contribution in [0.25, 0.3) is 5.78 Å². The van der Waals surface area contributed by atoms with Gasteiger partial charge in [0.25, 0.3) is 11.3 Å². The maximum atomic E-state index is 12.5. The molecule has 3 aromatic heterocycles. The van der Waals surface area contributed by atoms with E-state index >= 15 is 0 Å². The molecule has 0 radical (unpaired) electrons. The highest BCUT2D eigenvalue weighted by atomic mass is 16.5. The highest BCUT2D eigenvalue weighted by Crippen LogP contribution is 2.29. The van der Waals surface area contributed by atoms with Crippen LogP contribution in [0.15, 0.2) is 23.3 Å². The minimum absolute atomic E-state index is 0.0188. The lowest BCUT2D eigenvalue weighted by molar-refractivity contribution is 0.107. The first-order chi connectivity index (χ1) is 13.7. The molecule has 3 aromatic rings. The molecule has 0 aromatic carbocycles. The molecule has 1 N–H and O–H groups in total. The summed E-state index contributed by atoms with van der Waals surface area (Å²) in [5.41, 5.74) is 2.83. The molecule has 0 spiro atoms. The molecule has 146 valence electrons. The van der Waals surface area contributed by atoms with Crippen LogP contribution in [0, 0.1) is 6.92 Å². The molecule has 9 heteroatoms. The predicted octanol–water partition coefficient (Wildman–Crippen LogP) is 1.66. The molecule has 1 aliphatic carbocycles. The zero-order valence-corrected chi connectivity index (χ0v) is 15.8. The summed E-state index contributed by atoms with van der Waals surface area (Å²) in [5, 5.41) is 12.5. The highest BCUT2D eigenvalue weighted by molar-refractivity contribution is 5.45. The van der Waals surface area contributed by atoms with Gasteiger partial charge in [0.2, 0.25) is 0 Å². The van der Waals surface area contributed by atoms with Crippen LogP contribution < -0.4 is 10.9 Å². The Bertz CT molecular complexity index is 1070. The van der Waals surface area contributed by atoms with E-state index < -0.39 is 0 Å². The van der Waals surface area contributed by atoms with Crippen molar-refractivity contribution in [3.8, 4) is 0 Å². The molecule has 0 bridgehead atoms. The Kier molecular flexibility index (Phi) is 4.31. The van der Waals surface area contributed by atoms with Crippen molar-refractivity contribution < 1.29 is 4.74 Å². The summed E-state index contributed by atoms with van der Waals surface area (Å²) in [6.07, 6.45) is 6.08. The third-order valence-corrected chi connectivity index (χ3v) is 5.64. The van der Waals surface area contributed by atoms with Crippen LogP contribution in [0.5, 0.6) is 0 Å². The molecule has 5 rings (SSSR count). The largest absolute Gasteiger partial charge is 0.376 e. The van der Waals surface area contributed by atoms with Gasteiger partial charge < -0.3 is 10.1 Å². The number of anilines is 1. The monoisotopic (exact) mass is 381 g/mol. The summed E-state index contributed by atoms with van der Waals surface area (Å²) in [6, 6.07) is 4.18. The zero-order valence-electron chi connectivity index (χ0n) is 15.8. The van der Waals surface area contributed by atoms with E-state index in [1.165, 1.54) is 6.33 Å². The van der Waals surface area contributed by atoms with Crippen LogP contribution in [0.1, 0.15) is 48.7 Å². The van der Waals surface area contributed by atoms with Crippen molar-refractivity contribution >= 4 is 11.6 Å². The van der Waals surface area contributed by atoms with Gasteiger partial charge in [0.1, 0.15) is 12.1 Å². The summed E-state index contributed by atoms with van der Waals surface area (Å²) < 4.78 is 8.86. The lowest BCUT2D eigenvalue weighted by Crippen LogP contribution is -2.35. The van der Waals surface area contributed by atoms with Crippen LogP contribution in [0.3, 0.4) is 0 Å². The molecule has 1 saturated carbocycles. The molecule has 0 saturated heterocycles. The Balaban J connectivity index is 1.30. The average molecular weight is 381 g/mol. The fourth-order valence-corrected chi connectivity index (χ4v) is 4.20. The number of hydrogen-bond acceptors (Lipinski definition) is 7. The smallest absolute Gasteiger partial charge is 0.267 e. The highest BCUT2D eigenvalue weighted by Gasteiger charge is 2.25. The molecule has 1 aliphatic heterocycles. The first-order valence-corrected chi connectivity index (χ1v) is 9.80. The molecule has 9 nitrogen and oxygen atoms in total. The second kappa shape index (κ2) is 6.97. The van der Waals surface area contributed by atoms with E-state index in [1.54, 1.807) is 15.3 Å². The van der Waals surface area contributed by atoms with E-state index in [1.807, 2.05) is 13.0 Å². The fraction of sp³-hybridized carbons (Fsp3) is 0.526. The minimum atomic E-state index is -0.0188. The number of rotatable bonds is 3. The normalized spacial score (nSPS) is 22.2. The number of aryl methyl sites for hydroxylation is 1. The maximum absolute atomic E-state index is 12.5. The van der Waals surface area contributed by atoms with Gasteiger partial charge in [-0.15, -0.1) is 0 Å². The summed E-state index contributed by atoms with van der Waals surface area (Å²) >= 11 is 0. The molecule has 2 aliphatic rings. The molecule has 0 amide bonds. The zero-order chi connectivity index (χ0) is 19.1. The van der Waals surface area contributed by atoms with E-state index in [4.69, 9.17) is 4.74 Å². The van der Waals surface area contributed by atoms with Gasteiger partial charge in [-0.25, -0.2) is 9.67 Å². The quantitative estimate of drug-likeness (QED) is 0.736.